The summed E-state index contributed by atoms with van der Waals surface area (Å²) < 4.78 is 13.2. The maximum absolute atomic E-state index is 11.0. The van der Waals surface area contributed by atoms with E-state index in [1.807, 2.05) is 60.3 Å². The highest BCUT2D eigenvalue weighted by atomic mass is 16.5. The summed E-state index contributed by atoms with van der Waals surface area (Å²) >= 11 is 0. The van der Waals surface area contributed by atoms with Gasteiger partial charge in [0, 0.05) is 24.6 Å². The van der Waals surface area contributed by atoms with Gasteiger partial charge in [0.1, 0.15) is 18.1 Å². The van der Waals surface area contributed by atoms with Gasteiger partial charge in [0.05, 0.1) is 23.9 Å². The molecular formula is C21H25N3O3. The quantitative estimate of drug-likeness (QED) is 0.659. The molecule has 3 rings (SSSR count). The van der Waals surface area contributed by atoms with Crippen LogP contribution in [0.1, 0.15) is 27.2 Å². The molecule has 0 aliphatic carbocycles. The second kappa shape index (κ2) is 8.58. The van der Waals surface area contributed by atoms with Crippen LogP contribution in [0.25, 0.3) is 16.6 Å². The van der Waals surface area contributed by atoms with Crippen molar-refractivity contribution in [1.82, 2.24) is 15.1 Å². The third-order valence-electron chi connectivity index (χ3n) is 4.00. The van der Waals surface area contributed by atoms with Crippen molar-refractivity contribution in [2.75, 3.05) is 13.2 Å². The lowest BCUT2D eigenvalue weighted by atomic mass is 10.2. The molecule has 0 saturated heterocycles. The van der Waals surface area contributed by atoms with Crippen molar-refractivity contribution in [3.05, 3.63) is 48.7 Å². The average molecular weight is 367 g/mol. The summed E-state index contributed by atoms with van der Waals surface area (Å²) in [5.74, 6) is 1.53. The molecule has 6 nitrogen and oxygen atoms in total. The minimum Gasteiger partial charge on any atom is -0.494 e. The van der Waals surface area contributed by atoms with Crippen LogP contribution in [0.4, 0.5) is 0 Å². The zero-order valence-electron chi connectivity index (χ0n) is 15.9. The summed E-state index contributed by atoms with van der Waals surface area (Å²) in [6.45, 7) is 6.61. The Morgan fingerprint density at radius 1 is 1.15 bits per heavy atom. The van der Waals surface area contributed by atoms with Crippen LogP contribution >= 0.6 is 0 Å². The highest BCUT2D eigenvalue weighted by Gasteiger charge is 2.07. The number of hydrogen-bond donors (Lipinski definition) is 1. The fourth-order valence-electron chi connectivity index (χ4n) is 2.74. The second-order valence-corrected chi connectivity index (χ2v) is 6.55. The van der Waals surface area contributed by atoms with Gasteiger partial charge in [0.2, 0.25) is 5.91 Å². The first-order chi connectivity index (χ1) is 13.0. The summed E-state index contributed by atoms with van der Waals surface area (Å²) in [7, 11) is 0. The van der Waals surface area contributed by atoms with Crippen molar-refractivity contribution in [3.8, 4) is 17.2 Å². The molecule has 1 atom stereocenters. The number of carbonyl (C=O) groups is 1. The minimum absolute atomic E-state index is 0.0392. The number of fused-ring (bicyclic) bond motifs is 1. The smallest absolute Gasteiger partial charge is 0.217 e. The molecule has 0 bridgehead atoms. The Labute approximate surface area is 159 Å². The van der Waals surface area contributed by atoms with E-state index in [2.05, 4.69) is 17.3 Å². The van der Waals surface area contributed by atoms with Crippen LogP contribution in [0.3, 0.4) is 0 Å². The molecule has 1 N–H and O–H groups in total. The van der Waals surface area contributed by atoms with Gasteiger partial charge in [-0.25, -0.2) is 4.68 Å². The number of nitrogens with zero attached hydrogens (tertiary/aromatic N) is 2. The van der Waals surface area contributed by atoms with Crippen molar-refractivity contribution in [2.24, 2.45) is 0 Å². The summed E-state index contributed by atoms with van der Waals surface area (Å²) in [4.78, 5) is 11.0. The van der Waals surface area contributed by atoms with Gasteiger partial charge in [0.15, 0.2) is 0 Å². The predicted octanol–water partition coefficient (Wildman–Crippen LogP) is 3.72. The summed E-state index contributed by atoms with van der Waals surface area (Å²) in [6.07, 6.45) is 2.97. The van der Waals surface area contributed by atoms with Gasteiger partial charge in [-0.15, -0.1) is 0 Å². The lowest BCUT2D eigenvalue weighted by Crippen LogP contribution is -2.35. The number of benzene rings is 2. The third kappa shape index (κ3) is 5.00. The first kappa shape index (κ1) is 18.8. The topological polar surface area (TPSA) is 65.4 Å². The van der Waals surface area contributed by atoms with Gasteiger partial charge in [-0.2, -0.15) is 5.10 Å². The molecule has 6 heteroatoms. The number of aromatic nitrogens is 2. The minimum atomic E-state index is -0.0598. The van der Waals surface area contributed by atoms with E-state index in [1.54, 1.807) is 0 Å². The Hall–Kier alpha value is -3.02. The number of nitrogens with one attached hydrogen (secondary N) is 1. The molecule has 1 aromatic heterocycles. The number of hydrogen-bond acceptors (Lipinski definition) is 4. The molecule has 142 valence electrons. The molecule has 0 fully saturated rings. The molecule has 0 unspecified atom stereocenters. The van der Waals surface area contributed by atoms with Gasteiger partial charge in [-0.1, -0.05) is 6.92 Å². The normalized spacial score (nSPS) is 12.0. The monoisotopic (exact) mass is 367 g/mol. The third-order valence-corrected chi connectivity index (χ3v) is 4.00. The van der Waals surface area contributed by atoms with Crippen molar-refractivity contribution < 1.29 is 14.3 Å². The Morgan fingerprint density at radius 3 is 2.59 bits per heavy atom. The Kier molecular flexibility index (Phi) is 5.96. The van der Waals surface area contributed by atoms with Crippen molar-refractivity contribution in [1.29, 1.82) is 0 Å². The molecule has 27 heavy (non-hydrogen) atoms. The summed E-state index contributed by atoms with van der Waals surface area (Å²) in [5.41, 5.74) is 1.84. The number of ether oxygens (including phenoxy) is 2. The molecule has 0 aliphatic rings. The zero-order valence-corrected chi connectivity index (χ0v) is 15.9. The SMILES string of the molecule is CCCOc1ccc2cn(-c3ccc(OC[C@H](C)NC(C)=O)cc3)nc2c1. The standard InChI is InChI=1S/C21H25N3O3/c1-4-11-26-20-8-5-17-13-24(23-21(17)12-20)18-6-9-19(10-7-18)27-14-15(2)22-16(3)25/h5-10,12-13,15H,4,11,14H2,1-3H3,(H,22,25)/t15-/m0/s1. The fraction of sp³-hybridized carbons (Fsp3) is 0.333. The van der Waals surface area contributed by atoms with Gasteiger partial charge < -0.3 is 14.8 Å². The highest BCUT2D eigenvalue weighted by molar-refractivity contribution is 5.80. The predicted molar refractivity (Wildman–Crippen MR) is 106 cm³/mol. The molecular weight excluding hydrogens is 342 g/mol. The van der Waals surface area contributed by atoms with E-state index in [0.717, 1.165) is 34.5 Å². The maximum Gasteiger partial charge on any atom is 0.217 e. The second-order valence-electron chi connectivity index (χ2n) is 6.55. The first-order valence-corrected chi connectivity index (χ1v) is 9.17. The van der Waals surface area contributed by atoms with Crippen LogP contribution in [-0.4, -0.2) is 34.9 Å². The Bertz CT molecular complexity index is 903. The molecule has 0 radical (unpaired) electrons. The molecule has 0 aliphatic heterocycles. The van der Waals surface area contributed by atoms with Gasteiger partial charge in [-0.3, -0.25) is 4.79 Å². The van der Waals surface area contributed by atoms with E-state index in [1.165, 1.54) is 6.92 Å². The van der Waals surface area contributed by atoms with Crippen molar-refractivity contribution in [2.45, 2.75) is 33.2 Å². The molecule has 1 heterocycles. The van der Waals surface area contributed by atoms with Crippen LogP contribution < -0.4 is 14.8 Å². The van der Waals surface area contributed by atoms with Crippen molar-refractivity contribution >= 4 is 16.8 Å². The molecule has 1 amide bonds. The van der Waals surface area contributed by atoms with E-state index < -0.39 is 0 Å². The molecule has 0 spiro atoms. The van der Waals surface area contributed by atoms with E-state index >= 15 is 0 Å². The molecule has 3 aromatic rings. The number of amides is 1. The highest BCUT2D eigenvalue weighted by Crippen LogP contribution is 2.22. The summed E-state index contributed by atoms with van der Waals surface area (Å²) in [5, 5.41) is 8.49. The number of rotatable bonds is 8. The summed E-state index contributed by atoms with van der Waals surface area (Å²) in [6, 6.07) is 13.6. The average Bonchev–Trinajstić information content (AvgIpc) is 3.08. The molecule has 2 aromatic carbocycles. The lowest BCUT2D eigenvalue weighted by molar-refractivity contribution is -0.119. The Balaban J connectivity index is 1.68. The van der Waals surface area contributed by atoms with Crippen LogP contribution in [0.15, 0.2) is 48.7 Å². The first-order valence-electron chi connectivity index (χ1n) is 9.17. The largest absolute Gasteiger partial charge is 0.494 e. The van der Waals surface area contributed by atoms with Gasteiger partial charge >= 0.3 is 0 Å². The lowest BCUT2D eigenvalue weighted by Gasteiger charge is -2.14. The molecule has 0 saturated carbocycles. The van der Waals surface area contributed by atoms with Crippen molar-refractivity contribution in [3.63, 3.8) is 0 Å². The number of carbonyl (C=O) groups excluding carboxylic acids is 1. The van der Waals surface area contributed by atoms with E-state index in [4.69, 9.17) is 9.47 Å². The van der Waals surface area contributed by atoms with Crippen LogP contribution in [0.5, 0.6) is 11.5 Å². The Morgan fingerprint density at radius 2 is 1.89 bits per heavy atom. The van der Waals surface area contributed by atoms with E-state index in [0.29, 0.717) is 13.2 Å². The van der Waals surface area contributed by atoms with E-state index in [-0.39, 0.29) is 11.9 Å². The fourth-order valence-corrected chi connectivity index (χ4v) is 2.74. The van der Waals surface area contributed by atoms with Crippen LogP contribution in [0.2, 0.25) is 0 Å². The zero-order chi connectivity index (χ0) is 19.2. The maximum atomic E-state index is 11.0. The van der Waals surface area contributed by atoms with Gasteiger partial charge in [-0.05, 0) is 49.7 Å². The van der Waals surface area contributed by atoms with E-state index in [9.17, 15) is 4.79 Å². The van der Waals surface area contributed by atoms with Crippen LogP contribution in [-0.2, 0) is 4.79 Å². The van der Waals surface area contributed by atoms with Crippen LogP contribution in [0, 0.1) is 0 Å². The van der Waals surface area contributed by atoms with Gasteiger partial charge in [0.25, 0.3) is 0 Å².